The predicted octanol–water partition coefficient (Wildman–Crippen LogP) is 0.504. The number of ether oxygens (including phenoxy) is 1. The molecule has 11 heavy (non-hydrogen) atoms. The molecule has 2 rings (SSSR count). The van der Waals surface area contributed by atoms with Crippen LogP contribution in [0.5, 0.6) is 0 Å². The van der Waals surface area contributed by atoms with Gasteiger partial charge in [-0.25, -0.2) is 0 Å². The van der Waals surface area contributed by atoms with E-state index in [1.807, 2.05) is 18.2 Å². The summed E-state index contributed by atoms with van der Waals surface area (Å²) in [6.07, 6.45) is 0. The average Bonchev–Trinajstić information content (AvgIpc) is 2.30. The molecule has 1 aliphatic heterocycles. The van der Waals surface area contributed by atoms with Gasteiger partial charge < -0.3 is 0 Å². The number of rotatable bonds is 0. The topological polar surface area (TPSA) is 26.3 Å². The van der Waals surface area contributed by atoms with Gasteiger partial charge in [0.15, 0.2) is 0 Å². The number of hydrogen-bond donors (Lipinski definition) is 0. The van der Waals surface area contributed by atoms with Gasteiger partial charge in [0, 0.05) is 0 Å². The summed E-state index contributed by atoms with van der Waals surface area (Å²) in [6.45, 7) is 0. The standard InChI is InChI=1S/C8H4O2Se/c9-7-5-3-1-2-4-6(5)8(11)10-7/h1-4H. The molecule has 2 nitrogen and oxygen atoms in total. The maximum atomic E-state index is 11.0. The van der Waals surface area contributed by atoms with Crippen LogP contribution in [0.15, 0.2) is 24.3 Å². The van der Waals surface area contributed by atoms with Crippen LogP contribution in [0.1, 0.15) is 15.9 Å². The van der Waals surface area contributed by atoms with Gasteiger partial charge >= 0.3 is 71.1 Å². The molecule has 1 aromatic rings. The van der Waals surface area contributed by atoms with E-state index >= 15 is 0 Å². The zero-order chi connectivity index (χ0) is 7.84. The minimum absolute atomic E-state index is 0.269. The van der Waals surface area contributed by atoms with E-state index in [0.29, 0.717) is 10.2 Å². The fraction of sp³-hybridized carbons (Fsp3) is 0. The van der Waals surface area contributed by atoms with Crippen LogP contribution in [-0.2, 0) is 4.74 Å². The first-order valence-electron chi connectivity index (χ1n) is 3.14. The molecule has 3 heteroatoms. The van der Waals surface area contributed by atoms with Crippen LogP contribution in [0, 0.1) is 0 Å². The third-order valence-electron chi connectivity index (χ3n) is 1.55. The minimum atomic E-state index is -0.269. The Hall–Kier alpha value is -0.921. The van der Waals surface area contributed by atoms with Gasteiger partial charge in [0.2, 0.25) is 0 Å². The van der Waals surface area contributed by atoms with Crippen molar-refractivity contribution in [3.05, 3.63) is 35.4 Å². The quantitative estimate of drug-likeness (QED) is 0.461. The Morgan fingerprint density at radius 2 is 1.82 bits per heavy atom. The van der Waals surface area contributed by atoms with Crippen LogP contribution in [0.3, 0.4) is 0 Å². The first kappa shape index (κ1) is 6.77. The molecule has 0 N–H and O–H groups in total. The van der Waals surface area contributed by atoms with Crippen LogP contribution in [-0.4, -0.2) is 26.1 Å². The fourth-order valence-electron chi connectivity index (χ4n) is 1.03. The fourth-order valence-corrected chi connectivity index (χ4v) is 1.57. The van der Waals surface area contributed by atoms with Gasteiger partial charge in [0.05, 0.1) is 0 Å². The summed E-state index contributed by atoms with van der Waals surface area (Å²) in [5.41, 5.74) is 1.50. The van der Waals surface area contributed by atoms with E-state index in [4.69, 9.17) is 4.74 Å². The molecule has 0 aliphatic carbocycles. The summed E-state index contributed by atoms with van der Waals surface area (Å²) in [5, 5.41) is 0. The Bertz CT molecular complexity index is 311. The average molecular weight is 211 g/mol. The van der Waals surface area contributed by atoms with E-state index in [-0.39, 0.29) is 5.97 Å². The number of benzene rings is 1. The third kappa shape index (κ3) is 0.933. The molecular formula is C8H4O2Se. The van der Waals surface area contributed by atoms with Crippen molar-refractivity contribution >= 4 is 26.1 Å². The van der Waals surface area contributed by atoms with E-state index in [0.717, 1.165) is 5.56 Å². The molecule has 1 aliphatic rings. The second-order valence-electron chi connectivity index (χ2n) is 2.22. The Balaban J connectivity index is 2.69. The van der Waals surface area contributed by atoms with Crippen molar-refractivity contribution in [2.75, 3.05) is 0 Å². The van der Waals surface area contributed by atoms with Crippen molar-refractivity contribution in [1.29, 1.82) is 0 Å². The Kier molecular flexibility index (Phi) is 1.41. The van der Waals surface area contributed by atoms with E-state index in [2.05, 4.69) is 15.6 Å². The molecule has 0 spiro atoms. The van der Waals surface area contributed by atoms with Gasteiger partial charge in [0.25, 0.3) is 0 Å². The Morgan fingerprint density at radius 3 is 2.45 bits per heavy atom. The van der Waals surface area contributed by atoms with Gasteiger partial charge in [-0.05, 0) is 0 Å². The number of fused-ring (bicyclic) bond motifs is 1. The molecule has 0 atom stereocenters. The first-order chi connectivity index (χ1) is 5.29. The first-order valence-corrected chi connectivity index (χ1v) is 4.00. The van der Waals surface area contributed by atoms with Gasteiger partial charge in [-0.3, -0.25) is 0 Å². The van der Waals surface area contributed by atoms with Crippen LogP contribution in [0.2, 0.25) is 0 Å². The molecule has 0 bridgehead atoms. The van der Waals surface area contributed by atoms with E-state index in [1.165, 1.54) is 0 Å². The molecule has 0 unspecified atom stereocenters. The molecule has 0 saturated carbocycles. The summed E-state index contributed by atoms with van der Waals surface area (Å²) < 4.78 is 5.43. The second kappa shape index (κ2) is 2.29. The van der Waals surface area contributed by atoms with Gasteiger partial charge in [-0.1, -0.05) is 0 Å². The summed E-state index contributed by atoms with van der Waals surface area (Å²) in [6, 6.07) is 7.30. The molecule has 1 aromatic carbocycles. The molecule has 0 aromatic heterocycles. The van der Waals surface area contributed by atoms with E-state index < -0.39 is 0 Å². The molecule has 0 radical (unpaired) electrons. The Labute approximate surface area is 71.5 Å². The van der Waals surface area contributed by atoms with Crippen molar-refractivity contribution in [1.82, 2.24) is 0 Å². The van der Waals surface area contributed by atoms with Gasteiger partial charge in [-0.15, -0.1) is 0 Å². The molecule has 54 valence electrons. The maximum absolute atomic E-state index is 11.0. The number of esters is 1. The monoisotopic (exact) mass is 212 g/mol. The number of carbonyl (C=O) groups is 1. The van der Waals surface area contributed by atoms with Crippen LogP contribution >= 0.6 is 0 Å². The van der Waals surface area contributed by atoms with Crippen molar-refractivity contribution in [2.24, 2.45) is 0 Å². The number of carbonyl (C=O) groups excluding carboxylic acids is 1. The van der Waals surface area contributed by atoms with Crippen LogP contribution in [0.25, 0.3) is 0 Å². The zero-order valence-corrected chi connectivity index (χ0v) is 7.25. The van der Waals surface area contributed by atoms with E-state index in [1.54, 1.807) is 6.07 Å². The second-order valence-corrected chi connectivity index (χ2v) is 3.00. The summed E-state index contributed by atoms with van der Waals surface area (Å²) >= 11 is 2.70. The summed E-state index contributed by atoms with van der Waals surface area (Å²) in [4.78, 5) is 11.0. The van der Waals surface area contributed by atoms with E-state index in [9.17, 15) is 4.79 Å². The zero-order valence-electron chi connectivity index (χ0n) is 5.53. The normalized spacial score (nSPS) is 14.5. The van der Waals surface area contributed by atoms with Crippen molar-refractivity contribution in [2.45, 2.75) is 0 Å². The summed E-state index contributed by atoms with van der Waals surface area (Å²) in [5.74, 6) is -0.269. The summed E-state index contributed by atoms with van der Waals surface area (Å²) in [7, 11) is 0. The molecule has 0 fully saturated rings. The number of cyclic esters (lactones) is 1. The number of hydrogen-bond acceptors (Lipinski definition) is 2. The van der Waals surface area contributed by atoms with Crippen LogP contribution in [0.4, 0.5) is 0 Å². The van der Waals surface area contributed by atoms with Gasteiger partial charge in [0.1, 0.15) is 0 Å². The predicted molar refractivity (Wildman–Crippen MR) is 41.7 cm³/mol. The SMILES string of the molecule is O=C1OC(=[Se])c2ccccc21. The Morgan fingerprint density at radius 1 is 1.18 bits per heavy atom. The third-order valence-corrected chi connectivity index (χ3v) is 2.19. The molecule has 1 heterocycles. The van der Waals surface area contributed by atoms with Crippen molar-refractivity contribution < 1.29 is 9.53 Å². The van der Waals surface area contributed by atoms with Crippen LogP contribution < -0.4 is 0 Å². The van der Waals surface area contributed by atoms with Crippen molar-refractivity contribution in [3.8, 4) is 0 Å². The van der Waals surface area contributed by atoms with Crippen molar-refractivity contribution in [3.63, 3.8) is 0 Å². The van der Waals surface area contributed by atoms with Gasteiger partial charge in [-0.2, -0.15) is 0 Å². The molecular weight excluding hydrogens is 207 g/mol. The molecule has 0 amide bonds. The molecule has 0 saturated heterocycles.